The van der Waals surface area contributed by atoms with Crippen LogP contribution in [0.3, 0.4) is 0 Å². The summed E-state index contributed by atoms with van der Waals surface area (Å²) in [4.78, 5) is 12.1. The first-order valence-corrected chi connectivity index (χ1v) is 6.28. The number of hydrogen-bond donors (Lipinski definition) is 1. The minimum atomic E-state index is -0.461. The molecule has 0 saturated carbocycles. The molecule has 108 valence electrons. The Kier molecular flexibility index (Phi) is 4.56. The summed E-state index contributed by atoms with van der Waals surface area (Å²) in [5, 5.41) is 11.5. The molecule has 0 amide bonds. The molecule has 5 heteroatoms. The molecule has 0 aliphatic heterocycles. The van der Waals surface area contributed by atoms with Gasteiger partial charge in [-0.3, -0.25) is 0 Å². The Bertz CT molecular complexity index is 662. The van der Waals surface area contributed by atoms with Crippen molar-refractivity contribution in [3.05, 3.63) is 59.2 Å². The lowest BCUT2D eigenvalue weighted by molar-refractivity contribution is 0.0729. The van der Waals surface area contributed by atoms with Gasteiger partial charge in [0.05, 0.1) is 18.9 Å². The van der Waals surface area contributed by atoms with E-state index in [1.807, 2.05) is 19.1 Å². The smallest absolute Gasteiger partial charge is 0.343 e. The molecule has 5 nitrogen and oxygen atoms in total. The van der Waals surface area contributed by atoms with Crippen LogP contribution >= 0.6 is 0 Å². The molecule has 0 spiro atoms. The molecule has 0 aliphatic carbocycles. The van der Waals surface area contributed by atoms with Gasteiger partial charge in [0.2, 0.25) is 0 Å². The number of rotatable bonds is 4. The van der Waals surface area contributed by atoms with Crippen molar-refractivity contribution in [1.29, 1.82) is 0 Å². The lowest BCUT2D eigenvalue weighted by Gasteiger charge is -2.10. The first-order chi connectivity index (χ1) is 10.1. The molecule has 0 aliphatic rings. The zero-order chi connectivity index (χ0) is 15.2. The van der Waals surface area contributed by atoms with E-state index in [9.17, 15) is 4.79 Å². The van der Waals surface area contributed by atoms with Gasteiger partial charge in [-0.2, -0.15) is 0 Å². The zero-order valence-corrected chi connectivity index (χ0v) is 11.7. The van der Waals surface area contributed by atoms with Crippen LogP contribution in [-0.2, 0) is 0 Å². The number of nitrogens with zero attached hydrogens (tertiary/aromatic N) is 1. The van der Waals surface area contributed by atoms with Gasteiger partial charge in [-0.05, 0) is 37.3 Å². The van der Waals surface area contributed by atoms with Crippen LogP contribution in [0.4, 0.5) is 0 Å². The van der Waals surface area contributed by atoms with Gasteiger partial charge in [0.1, 0.15) is 0 Å². The largest absolute Gasteiger partial charge is 0.493 e. The monoisotopic (exact) mass is 285 g/mol. The molecule has 0 saturated heterocycles. The number of carbonyl (C=O) groups excluding carboxylic acids is 1. The highest BCUT2D eigenvalue weighted by Gasteiger charge is 2.12. The summed E-state index contributed by atoms with van der Waals surface area (Å²) >= 11 is 0. The number of aryl methyl sites for hydroxylation is 1. The standard InChI is InChI=1S/C16H15NO4/c1-11-3-6-13(7-4-11)16(18)21-14-8-5-12(10-17-19)9-15(14)20-2/h3-10,19H,1-2H3/b17-10+. The Morgan fingerprint density at radius 2 is 1.86 bits per heavy atom. The van der Waals surface area contributed by atoms with Crippen molar-refractivity contribution in [1.82, 2.24) is 0 Å². The van der Waals surface area contributed by atoms with Gasteiger partial charge >= 0.3 is 5.97 Å². The average molecular weight is 285 g/mol. The van der Waals surface area contributed by atoms with E-state index in [1.54, 1.807) is 30.3 Å². The quantitative estimate of drug-likeness (QED) is 0.308. The summed E-state index contributed by atoms with van der Waals surface area (Å²) in [5.41, 5.74) is 2.16. The number of oxime groups is 1. The molecule has 0 atom stereocenters. The zero-order valence-electron chi connectivity index (χ0n) is 11.7. The normalized spacial score (nSPS) is 10.6. The summed E-state index contributed by atoms with van der Waals surface area (Å²) in [6.45, 7) is 1.94. The maximum Gasteiger partial charge on any atom is 0.343 e. The van der Waals surface area contributed by atoms with E-state index in [-0.39, 0.29) is 0 Å². The van der Waals surface area contributed by atoms with E-state index in [2.05, 4.69) is 5.16 Å². The second kappa shape index (κ2) is 6.56. The van der Waals surface area contributed by atoms with Crippen LogP contribution in [-0.4, -0.2) is 24.5 Å². The van der Waals surface area contributed by atoms with E-state index < -0.39 is 5.97 Å². The molecule has 2 aromatic rings. The van der Waals surface area contributed by atoms with E-state index in [4.69, 9.17) is 14.7 Å². The summed E-state index contributed by atoms with van der Waals surface area (Å²) in [7, 11) is 1.47. The molecule has 0 radical (unpaired) electrons. The fraction of sp³-hybridized carbons (Fsp3) is 0.125. The van der Waals surface area contributed by atoms with Gasteiger partial charge in [-0.1, -0.05) is 22.9 Å². The third-order valence-electron chi connectivity index (χ3n) is 2.88. The van der Waals surface area contributed by atoms with Crippen molar-refractivity contribution in [2.75, 3.05) is 7.11 Å². The molecule has 21 heavy (non-hydrogen) atoms. The van der Waals surface area contributed by atoms with Crippen LogP contribution in [0.2, 0.25) is 0 Å². The average Bonchev–Trinajstić information content (AvgIpc) is 2.49. The molecule has 0 bridgehead atoms. The molecular formula is C16H15NO4. The number of esters is 1. The first-order valence-electron chi connectivity index (χ1n) is 6.28. The molecular weight excluding hydrogens is 270 g/mol. The SMILES string of the molecule is COc1cc(/C=N/O)ccc1OC(=O)c1ccc(C)cc1. The van der Waals surface area contributed by atoms with E-state index in [0.717, 1.165) is 5.56 Å². The van der Waals surface area contributed by atoms with Crippen LogP contribution in [0, 0.1) is 6.92 Å². The van der Waals surface area contributed by atoms with E-state index in [0.29, 0.717) is 22.6 Å². The summed E-state index contributed by atoms with van der Waals surface area (Å²) in [6.07, 6.45) is 1.26. The molecule has 1 N–H and O–H groups in total. The van der Waals surface area contributed by atoms with Crippen molar-refractivity contribution in [3.8, 4) is 11.5 Å². The highest BCUT2D eigenvalue weighted by molar-refractivity contribution is 5.91. The minimum Gasteiger partial charge on any atom is -0.493 e. The molecule has 0 unspecified atom stereocenters. The van der Waals surface area contributed by atoms with Crippen LogP contribution in [0.5, 0.6) is 11.5 Å². The second-order valence-corrected chi connectivity index (χ2v) is 4.41. The van der Waals surface area contributed by atoms with Crippen molar-refractivity contribution < 1.29 is 19.5 Å². The predicted molar refractivity (Wildman–Crippen MR) is 78.5 cm³/mol. The maximum absolute atomic E-state index is 12.1. The van der Waals surface area contributed by atoms with Crippen LogP contribution in [0.15, 0.2) is 47.6 Å². The summed E-state index contributed by atoms with van der Waals surface area (Å²) in [5.74, 6) is 0.225. The fourth-order valence-electron chi connectivity index (χ4n) is 1.76. The van der Waals surface area contributed by atoms with Crippen molar-refractivity contribution in [2.45, 2.75) is 6.92 Å². The third kappa shape index (κ3) is 3.60. The Hall–Kier alpha value is -2.82. The van der Waals surface area contributed by atoms with Crippen molar-refractivity contribution in [2.24, 2.45) is 5.16 Å². The maximum atomic E-state index is 12.1. The van der Waals surface area contributed by atoms with E-state index in [1.165, 1.54) is 13.3 Å². The molecule has 2 rings (SSSR count). The molecule has 0 heterocycles. The minimum absolute atomic E-state index is 0.304. The van der Waals surface area contributed by atoms with Gasteiger partial charge < -0.3 is 14.7 Å². The van der Waals surface area contributed by atoms with Gasteiger partial charge in [0.25, 0.3) is 0 Å². The topological polar surface area (TPSA) is 68.1 Å². The van der Waals surface area contributed by atoms with Crippen LogP contribution in [0.25, 0.3) is 0 Å². The first kappa shape index (κ1) is 14.6. The Morgan fingerprint density at radius 3 is 2.48 bits per heavy atom. The molecule has 2 aromatic carbocycles. The Balaban J connectivity index is 2.22. The van der Waals surface area contributed by atoms with Gasteiger partial charge in [0.15, 0.2) is 11.5 Å². The highest BCUT2D eigenvalue weighted by atomic mass is 16.6. The van der Waals surface area contributed by atoms with Crippen molar-refractivity contribution >= 4 is 12.2 Å². The third-order valence-corrected chi connectivity index (χ3v) is 2.88. The number of carbonyl (C=O) groups is 1. The predicted octanol–water partition coefficient (Wildman–Crippen LogP) is 3.03. The Morgan fingerprint density at radius 1 is 1.14 bits per heavy atom. The number of benzene rings is 2. The fourth-order valence-corrected chi connectivity index (χ4v) is 1.76. The van der Waals surface area contributed by atoms with Gasteiger partial charge in [-0.15, -0.1) is 0 Å². The van der Waals surface area contributed by atoms with E-state index >= 15 is 0 Å². The second-order valence-electron chi connectivity index (χ2n) is 4.41. The van der Waals surface area contributed by atoms with Gasteiger partial charge in [-0.25, -0.2) is 4.79 Å². The Labute approximate surface area is 122 Å². The summed E-state index contributed by atoms with van der Waals surface area (Å²) in [6, 6.07) is 11.9. The van der Waals surface area contributed by atoms with Gasteiger partial charge in [0, 0.05) is 5.56 Å². The number of ether oxygens (including phenoxy) is 2. The number of hydrogen-bond acceptors (Lipinski definition) is 5. The lowest BCUT2D eigenvalue weighted by Crippen LogP contribution is -2.09. The van der Waals surface area contributed by atoms with Crippen LogP contribution < -0.4 is 9.47 Å². The van der Waals surface area contributed by atoms with Crippen LogP contribution in [0.1, 0.15) is 21.5 Å². The highest BCUT2D eigenvalue weighted by Crippen LogP contribution is 2.28. The lowest BCUT2D eigenvalue weighted by atomic mass is 10.1. The number of methoxy groups -OCH3 is 1. The molecule has 0 aromatic heterocycles. The molecule has 0 fully saturated rings. The summed E-state index contributed by atoms with van der Waals surface area (Å²) < 4.78 is 10.5. The van der Waals surface area contributed by atoms with Crippen molar-refractivity contribution in [3.63, 3.8) is 0 Å².